The highest BCUT2D eigenvalue weighted by molar-refractivity contribution is 6.52. The summed E-state index contributed by atoms with van der Waals surface area (Å²) in [4.78, 5) is 28.3. The summed E-state index contributed by atoms with van der Waals surface area (Å²) in [5.41, 5.74) is 1.64. The molecule has 1 heterocycles. The standard InChI is InChI=1S/C31H33NO7/c1-6-38-26-16-20(11-13-25(26)37-5)28-27(29(34)21-8-7-9-22(15-21)39-17-18(2)3)30(35)31(36)32(28)23-14-19(4)10-12-24(23)33/h7-16,18,28,33-34H,6,17H2,1-5H3/b29-27-. The number of anilines is 1. The fourth-order valence-electron chi connectivity index (χ4n) is 4.51. The lowest BCUT2D eigenvalue weighted by Gasteiger charge is -2.27. The second kappa shape index (κ2) is 11.5. The molecule has 3 aromatic rings. The summed E-state index contributed by atoms with van der Waals surface area (Å²) in [6.07, 6.45) is 0. The molecular weight excluding hydrogens is 498 g/mol. The van der Waals surface area contributed by atoms with Gasteiger partial charge in [-0.2, -0.15) is 0 Å². The molecule has 1 fully saturated rings. The highest BCUT2D eigenvalue weighted by Gasteiger charge is 2.48. The molecule has 0 radical (unpaired) electrons. The van der Waals surface area contributed by atoms with Crippen LogP contribution in [0.2, 0.25) is 0 Å². The second-order valence-corrected chi connectivity index (χ2v) is 9.74. The minimum Gasteiger partial charge on any atom is -0.507 e. The van der Waals surface area contributed by atoms with Gasteiger partial charge in [-0.05, 0) is 67.3 Å². The number of carbonyl (C=O) groups is 2. The van der Waals surface area contributed by atoms with Crippen molar-refractivity contribution in [3.8, 4) is 23.0 Å². The average molecular weight is 532 g/mol. The number of aryl methyl sites for hydroxylation is 1. The highest BCUT2D eigenvalue weighted by Crippen LogP contribution is 2.46. The van der Waals surface area contributed by atoms with Crippen molar-refractivity contribution in [2.24, 2.45) is 5.92 Å². The largest absolute Gasteiger partial charge is 0.507 e. The average Bonchev–Trinajstić information content (AvgIpc) is 3.18. The molecule has 0 saturated carbocycles. The first-order chi connectivity index (χ1) is 18.7. The number of ketones is 1. The number of benzene rings is 3. The number of carbonyl (C=O) groups excluding carboxylic acids is 2. The number of aliphatic hydroxyl groups is 1. The van der Waals surface area contributed by atoms with E-state index in [1.54, 1.807) is 54.6 Å². The summed E-state index contributed by atoms with van der Waals surface area (Å²) in [7, 11) is 1.52. The van der Waals surface area contributed by atoms with Gasteiger partial charge in [-0.25, -0.2) is 0 Å². The fraction of sp³-hybridized carbons (Fsp3) is 0.290. The van der Waals surface area contributed by atoms with Crippen molar-refractivity contribution in [1.82, 2.24) is 0 Å². The van der Waals surface area contributed by atoms with Gasteiger partial charge in [0, 0.05) is 5.56 Å². The van der Waals surface area contributed by atoms with Gasteiger partial charge in [-0.1, -0.05) is 38.1 Å². The lowest BCUT2D eigenvalue weighted by molar-refractivity contribution is -0.132. The topological polar surface area (TPSA) is 106 Å². The number of methoxy groups -OCH3 is 1. The van der Waals surface area contributed by atoms with Crippen LogP contribution >= 0.6 is 0 Å². The SMILES string of the molecule is CCOc1cc(C2/C(=C(/O)c3cccc(OCC(C)C)c3)C(=O)C(=O)N2c2cc(C)ccc2O)ccc1OC. The predicted octanol–water partition coefficient (Wildman–Crippen LogP) is 5.77. The Morgan fingerprint density at radius 2 is 1.77 bits per heavy atom. The third-order valence-electron chi connectivity index (χ3n) is 6.33. The van der Waals surface area contributed by atoms with Crippen LogP contribution in [0.25, 0.3) is 5.76 Å². The van der Waals surface area contributed by atoms with Gasteiger partial charge in [0.2, 0.25) is 0 Å². The van der Waals surface area contributed by atoms with Gasteiger partial charge in [0.25, 0.3) is 11.7 Å². The van der Waals surface area contributed by atoms with Crippen molar-refractivity contribution < 1.29 is 34.0 Å². The molecule has 8 nitrogen and oxygen atoms in total. The highest BCUT2D eigenvalue weighted by atomic mass is 16.5. The van der Waals surface area contributed by atoms with Crippen LogP contribution in [0.15, 0.2) is 66.2 Å². The zero-order valence-electron chi connectivity index (χ0n) is 22.7. The van der Waals surface area contributed by atoms with Crippen molar-refractivity contribution in [2.75, 3.05) is 25.2 Å². The summed E-state index contributed by atoms with van der Waals surface area (Å²) >= 11 is 0. The van der Waals surface area contributed by atoms with E-state index in [-0.39, 0.29) is 22.8 Å². The smallest absolute Gasteiger partial charge is 0.300 e. The van der Waals surface area contributed by atoms with Crippen molar-refractivity contribution >= 4 is 23.1 Å². The molecule has 4 rings (SSSR count). The van der Waals surface area contributed by atoms with Gasteiger partial charge in [-0.15, -0.1) is 0 Å². The first-order valence-corrected chi connectivity index (χ1v) is 12.8. The molecular formula is C31H33NO7. The molecule has 39 heavy (non-hydrogen) atoms. The number of hydrogen-bond donors (Lipinski definition) is 2. The molecule has 1 aliphatic heterocycles. The number of phenolic OH excluding ortho intramolecular Hbond substituents is 1. The van der Waals surface area contributed by atoms with Crippen LogP contribution < -0.4 is 19.1 Å². The first kappa shape index (κ1) is 27.6. The molecule has 0 bridgehead atoms. The van der Waals surface area contributed by atoms with Crippen LogP contribution in [0.1, 0.15) is 43.5 Å². The van der Waals surface area contributed by atoms with Crippen LogP contribution in [0.5, 0.6) is 23.0 Å². The van der Waals surface area contributed by atoms with E-state index in [0.717, 1.165) is 5.56 Å². The lowest BCUT2D eigenvalue weighted by atomic mass is 9.94. The van der Waals surface area contributed by atoms with E-state index in [1.165, 1.54) is 18.1 Å². The number of amides is 1. The number of aliphatic hydroxyl groups excluding tert-OH is 1. The molecule has 1 aliphatic rings. The van der Waals surface area contributed by atoms with Crippen LogP contribution in [-0.2, 0) is 9.59 Å². The molecule has 1 saturated heterocycles. The number of phenols is 1. The molecule has 204 valence electrons. The molecule has 1 amide bonds. The number of rotatable bonds is 9. The number of aromatic hydroxyl groups is 1. The molecule has 3 aromatic carbocycles. The van der Waals surface area contributed by atoms with Gasteiger partial charge >= 0.3 is 0 Å². The van der Waals surface area contributed by atoms with Gasteiger partial charge in [-0.3, -0.25) is 14.5 Å². The van der Waals surface area contributed by atoms with Crippen LogP contribution in [0.4, 0.5) is 5.69 Å². The third kappa shape index (κ3) is 5.55. The number of hydrogen-bond acceptors (Lipinski definition) is 7. The molecule has 1 unspecified atom stereocenters. The van der Waals surface area contributed by atoms with Gasteiger partial charge in [0.15, 0.2) is 11.5 Å². The predicted molar refractivity (Wildman–Crippen MR) is 149 cm³/mol. The monoisotopic (exact) mass is 531 g/mol. The third-order valence-corrected chi connectivity index (χ3v) is 6.33. The number of nitrogens with zero attached hydrogens (tertiary/aromatic N) is 1. The molecule has 8 heteroatoms. The maximum atomic E-state index is 13.5. The van der Waals surface area contributed by atoms with Crippen molar-refractivity contribution in [2.45, 2.75) is 33.7 Å². The normalized spacial score (nSPS) is 16.6. The summed E-state index contributed by atoms with van der Waals surface area (Å²) in [5.74, 6) is -0.551. The Kier molecular flexibility index (Phi) is 8.14. The Morgan fingerprint density at radius 1 is 1.00 bits per heavy atom. The maximum Gasteiger partial charge on any atom is 0.300 e. The summed E-state index contributed by atoms with van der Waals surface area (Å²) in [6.45, 7) is 8.54. The zero-order chi connectivity index (χ0) is 28.3. The van der Waals surface area contributed by atoms with E-state index < -0.39 is 17.7 Å². The zero-order valence-corrected chi connectivity index (χ0v) is 22.7. The van der Waals surface area contributed by atoms with Gasteiger partial charge in [0.1, 0.15) is 17.3 Å². The maximum absolute atomic E-state index is 13.5. The quantitative estimate of drug-likeness (QED) is 0.205. The van der Waals surface area contributed by atoms with E-state index in [0.29, 0.717) is 47.5 Å². The van der Waals surface area contributed by atoms with Gasteiger partial charge < -0.3 is 24.4 Å². The lowest BCUT2D eigenvalue weighted by Crippen LogP contribution is -2.29. The Labute approximate surface area is 228 Å². The summed E-state index contributed by atoms with van der Waals surface area (Å²) < 4.78 is 17.0. The molecule has 0 spiro atoms. The van der Waals surface area contributed by atoms with E-state index in [9.17, 15) is 19.8 Å². The van der Waals surface area contributed by atoms with E-state index >= 15 is 0 Å². The number of ether oxygens (including phenoxy) is 3. The number of Topliss-reactive ketones (excluding diaryl/α,β-unsaturated/α-hetero) is 1. The minimum atomic E-state index is -1.05. The molecule has 0 aliphatic carbocycles. The second-order valence-electron chi connectivity index (χ2n) is 9.74. The Bertz CT molecular complexity index is 1430. The van der Waals surface area contributed by atoms with Crippen LogP contribution in [0.3, 0.4) is 0 Å². The summed E-state index contributed by atoms with van der Waals surface area (Å²) in [5, 5.41) is 22.2. The Balaban J connectivity index is 1.94. The van der Waals surface area contributed by atoms with Crippen LogP contribution in [-0.4, -0.2) is 42.2 Å². The molecule has 1 atom stereocenters. The summed E-state index contributed by atoms with van der Waals surface area (Å²) in [6, 6.07) is 15.5. The van der Waals surface area contributed by atoms with Crippen molar-refractivity contribution in [3.05, 3.63) is 82.9 Å². The Hall–Kier alpha value is -4.46. The van der Waals surface area contributed by atoms with Gasteiger partial charge in [0.05, 0.1) is 37.6 Å². The molecule has 0 aromatic heterocycles. The van der Waals surface area contributed by atoms with Crippen molar-refractivity contribution in [1.29, 1.82) is 0 Å². The minimum absolute atomic E-state index is 0.116. The van der Waals surface area contributed by atoms with Crippen LogP contribution in [0, 0.1) is 12.8 Å². The van der Waals surface area contributed by atoms with Crippen molar-refractivity contribution in [3.63, 3.8) is 0 Å². The first-order valence-electron chi connectivity index (χ1n) is 12.8. The van der Waals surface area contributed by atoms with E-state index in [1.807, 2.05) is 27.7 Å². The molecule has 2 N–H and O–H groups in total. The Morgan fingerprint density at radius 3 is 2.46 bits per heavy atom. The fourth-order valence-corrected chi connectivity index (χ4v) is 4.51. The van der Waals surface area contributed by atoms with E-state index in [2.05, 4.69) is 0 Å². The van der Waals surface area contributed by atoms with E-state index in [4.69, 9.17) is 14.2 Å².